The van der Waals surface area contributed by atoms with Gasteiger partial charge in [0.2, 0.25) is 0 Å². The molecule has 0 saturated carbocycles. The first-order valence-electron chi connectivity index (χ1n) is 6.08. The molecule has 2 aromatic rings. The van der Waals surface area contributed by atoms with E-state index in [0.717, 1.165) is 16.9 Å². The second-order valence-electron chi connectivity index (χ2n) is 4.29. The summed E-state index contributed by atoms with van der Waals surface area (Å²) in [6.07, 6.45) is 0.0340. The van der Waals surface area contributed by atoms with Crippen LogP contribution in [0.3, 0.4) is 0 Å². The van der Waals surface area contributed by atoms with E-state index in [2.05, 4.69) is 4.98 Å². The number of fused-ring (bicyclic) bond motifs is 1. The Labute approximate surface area is 130 Å². The molecule has 0 amide bonds. The van der Waals surface area contributed by atoms with Gasteiger partial charge < -0.3 is 9.30 Å². The third-order valence-electron chi connectivity index (χ3n) is 2.88. The lowest BCUT2D eigenvalue weighted by molar-refractivity contribution is 0.0643. The van der Waals surface area contributed by atoms with Gasteiger partial charge in [-0.25, -0.2) is 9.37 Å². The van der Waals surface area contributed by atoms with Crippen molar-refractivity contribution >= 4 is 45.2 Å². The van der Waals surface area contributed by atoms with Gasteiger partial charge >= 0.3 is 0 Å². The Hall–Kier alpha value is -0.400. The smallest absolute Gasteiger partial charge is 0.138 e. The molecule has 1 aromatic heterocycles. The third kappa shape index (κ3) is 3.20. The van der Waals surface area contributed by atoms with Crippen LogP contribution in [-0.4, -0.2) is 22.3 Å². The van der Waals surface area contributed by atoms with Crippen LogP contribution in [-0.2, 0) is 17.2 Å². The molecule has 0 bridgehead atoms. The lowest BCUT2D eigenvalue weighted by Gasteiger charge is -2.14. The maximum absolute atomic E-state index is 13.7. The summed E-state index contributed by atoms with van der Waals surface area (Å²) in [7, 11) is 0. The Balaban J connectivity index is 2.47. The van der Waals surface area contributed by atoms with Crippen LogP contribution < -0.4 is 0 Å². The maximum atomic E-state index is 13.7. The monoisotopic (exact) mass is 396 g/mol. The number of rotatable bonds is 5. The third-order valence-corrected chi connectivity index (χ3v) is 3.95. The van der Waals surface area contributed by atoms with Crippen molar-refractivity contribution in [3.63, 3.8) is 0 Å². The second kappa shape index (κ2) is 6.37. The highest BCUT2D eigenvalue weighted by molar-refractivity contribution is 14.1. The molecule has 1 aromatic carbocycles. The summed E-state index contributed by atoms with van der Waals surface area (Å²) in [5, 5.41) is 0. The topological polar surface area (TPSA) is 27.1 Å². The number of nitrogens with zero attached hydrogens (tertiary/aromatic N) is 2. The van der Waals surface area contributed by atoms with E-state index in [1.807, 2.05) is 41.0 Å². The average Bonchev–Trinajstić information content (AvgIpc) is 2.68. The van der Waals surface area contributed by atoms with Crippen LogP contribution in [0.5, 0.6) is 0 Å². The van der Waals surface area contributed by atoms with Crippen molar-refractivity contribution in [3.8, 4) is 0 Å². The normalized spacial score (nSPS) is 13.1. The molecule has 1 heterocycles. The lowest BCUT2D eigenvalue weighted by atomic mass is 10.3. The van der Waals surface area contributed by atoms with Gasteiger partial charge in [-0.15, -0.1) is 11.6 Å². The van der Waals surface area contributed by atoms with Crippen LogP contribution in [0.25, 0.3) is 11.0 Å². The van der Waals surface area contributed by atoms with Gasteiger partial charge in [0.05, 0.1) is 33.1 Å². The number of hydrogen-bond acceptors (Lipinski definition) is 2. The van der Waals surface area contributed by atoms with Gasteiger partial charge in [0.15, 0.2) is 0 Å². The van der Waals surface area contributed by atoms with Gasteiger partial charge in [0, 0.05) is 12.7 Å². The minimum absolute atomic E-state index is 0.0340. The first-order chi connectivity index (χ1) is 9.06. The number of ether oxygens (including phenoxy) is 1. The van der Waals surface area contributed by atoms with E-state index in [-0.39, 0.29) is 11.9 Å². The molecule has 6 heteroatoms. The first kappa shape index (κ1) is 15.0. The summed E-state index contributed by atoms with van der Waals surface area (Å²) >= 11 is 7.89. The Bertz CT molecular complexity index is 588. The molecule has 0 aliphatic heterocycles. The minimum Gasteiger partial charge on any atom is -0.377 e. The molecule has 104 valence electrons. The number of aromatic nitrogens is 2. The minimum atomic E-state index is -0.237. The molecule has 19 heavy (non-hydrogen) atoms. The van der Waals surface area contributed by atoms with E-state index >= 15 is 0 Å². The highest BCUT2D eigenvalue weighted by atomic mass is 127. The zero-order chi connectivity index (χ0) is 14.0. The molecule has 0 fully saturated rings. The van der Waals surface area contributed by atoms with Crippen LogP contribution >= 0.6 is 34.2 Å². The Morgan fingerprint density at radius 3 is 2.89 bits per heavy atom. The van der Waals surface area contributed by atoms with E-state index in [1.54, 1.807) is 6.07 Å². The van der Waals surface area contributed by atoms with Gasteiger partial charge in [0.25, 0.3) is 0 Å². The summed E-state index contributed by atoms with van der Waals surface area (Å²) in [4.78, 5) is 4.45. The Morgan fingerprint density at radius 2 is 2.26 bits per heavy atom. The summed E-state index contributed by atoms with van der Waals surface area (Å²) in [6, 6.07) is 3.25. The van der Waals surface area contributed by atoms with Gasteiger partial charge in [-0.2, -0.15) is 0 Å². The van der Waals surface area contributed by atoms with Crippen molar-refractivity contribution < 1.29 is 9.13 Å². The van der Waals surface area contributed by atoms with Crippen LogP contribution in [0.4, 0.5) is 4.39 Å². The van der Waals surface area contributed by atoms with Crippen molar-refractivity contribution in [1.82, 2.24) is 9.55 Å². The molecule has 1 unspecified atom stereocenters. The standard InChI is InChI=1S/C13H15ClFIN2O/c1-3-19-8(2)7-18-12-4-9(15)10(16)5-11(12)17-13(18)6-14/h4-5,8H,3,6-7H2,1-2H3. The Kier molecular flexibility index (Phi) is 5.03. The van der Waals surface area contributed by atoms with E-state index < -0.39 is 0 Å². The molecule has 3 nitrogen and oxygen atoms in total. The van der Waals surface area contributed by atoms with Gasteiger partial charge in [0.1, 0.15) is 11.6 Å². The highest BCUT2D eigenvalue weighted by Gasteiger charge is 2.15. The molecule has 0 N–H and O–H groups in total. The van der Waals surface area contributed by atoms with Crippen molar-refractivity contribution in [2.75, 3.05) is 6.61 Å². The predicted octanol–water partition coefficient (Wildman–Crippen LogP) is 3.94. The fraction of sp³-hybridized carbons (Fsp3) is 0.462. The number of imidazole rings is 1. The lowest BCUT2D eigenvalue weighted by Crippen LogP contribution is -2.18. The van der Waals surface area contributed by atoms with Crippen molar-refractivity contribution in [2.24, 2.45) is 0 Å². The van der Waals surface area contributed by atoms with Gasteiger partial charge in [-0.05, 0) is 42.5 Å². The average molecular weight is 397 g/mol. The van der Waals surface area contributed by atoms with Crippen LogP contribution in [0.15, 0.2) is 12.1 Å². The van der Waals surface area contributed by atoms with Crippen LogP contribution in [0, 0.1) is 9.39 Å². The highest BCUT2D eigenvalue weighted by Crippen LogP contribution is 2.23. The molecule has 0 radical (unpaired) electrons. The summed E-state index contributed by atoms with van der Waals surface area (Å²) in [6.45, 7) is 5.20. The van der Waals surface area contributed by atoms with Gasteiger partial charge in [-0.3, -0.25) is 0 Å². The molecule has 0 spiro atoms. The number of alkyl halides is 1. The second-order valence-corrected chi connectivity index (χ2v) is 5.72. The largest absolute Gasteiger partial charge is 0.377 e. The molecular weight excluding hydrogens is 382 g/mol. The van der Waals surface area contributed by atoms with Crippen molar-refractivity contribution in [1.29, 1.82) is 0 Å². The zero-order valence-electron chi connectivity index (χ0n) is 10.8. The number of benzene rings is 1. The fourth-order valence-corrected chi connectivity index (χ4v) is 2.72. The predicted molar refractivity (Wildman–Crippen MR) is 83.1 cm³/mol. The summed E-state index contributed by atoms with van der Waals surface area (Å²) < 4.78 is 21.7. The van der Waals surface area contributed by atoms with Crippen LogP contribution in [0.1, 0.15) is 19.7 Å². The fourth-order valence-electron chi connectivity index (χ4n) is 2.07. The number of halogens is 3. The van der Waals surface area contributed by atoms with E-state index in [9.17, 15) is 4.39 Å². The summed E-state index contributed by atoms with van der Waals surface area (Å²) in [5.74, 6) is 0.801. The van der Waals surface area contributed by atoms with E-state index in [4.69, 9.17) is 16.3 Å². The molecule has 1 atom stereocenters. The molecule has 0 saturated heterocycles. The molecule has 0 aliphatic rings. The summed E-state index contributed by atoms with van der Waals surface area (Å²) in [5.41, 5.74) is 1.53. The van der Waals surface area contributed by atoms with Crippen molar-refractivity contribution in [3.05, 3.63) is 27.3 Å². The van der Waals surface area contributed by atoms with E-state index in [0.29, 0.717) is 22.6 Å². The zero-order valence-corrected chi connectivity index (χ0v) is 13.7. The van der Waals surface area contributed by atoms with Crippen LogP contribution in [0.2, 0.25) is 0 Å². The van der Waals surface area contributed by atoms with Crippen molar-refractivity contribution in [2.45, 2.75) is 32.4 Å². The maximum Gasteiger partial charge on any atom is 0.138 e. The molecule has 2 rings (SSSR count). The van der Waals surface area contributed by atoms with Gasteiger partial charge in [-0.1, -0.05) is 0 Å². The SMILES string of the molecule is CCOC(C)Cn1c(CCl)nc2cc(I)c(F)cc21. The quantitative estimate of drug-likeness (QED) is 0.565. The number of hydrogen-bond donors (Lipinski definition) is 0. The molecule has 0 aliphatic carbocycles. The Morgan fingerprint density at radius 1 is 1.53 bits per heavy atom. The molecular formula is C13H15ClFIN2O. The van der Waals surface area contributed by atoms with E-state index in [1.165, 1.54) is 6.07 Å². The first-order valence-corrected chi connectivity index (χ1v) is 7.69.